The van der Waals surface area contributed by atoms with Gasteiger partial charge in [0.25, 0.3) is 5.91 Å². The molecule has 0 aliphatic heterocycles. The lowest BCUT2D eigenvalue weighted by atomic mass is 10.2. The predicted octanol–water partition coefficient (Wildman–Crippen LogP) is 2.84. The van der Waals surface area contributed by atoms with Crippen LogP contribution in [0.3, 0.4) is 0 Å². The molecule has 1 amide bonds. The monoisotopic (exact) mass is 300 g/mol. The number of aromatic nitrogens is 3. The fourth-order valence-electron chi connectivity index (χ4n) is 1.85. The van der Waals surface area contributed by atoms with Crippen molar-refractivity contribution < 1.29 is 13.6 Å². The van der Waals surface area contributed by atoms with Gasteiger partial charge in [-0.2, -0.15) is 13.9 Å². The van der Waals surface area contributed by atoms with E-state index in [0.29, 0.717) is 4.68 Å². The van der Waals surface area contributed by atoms with Crippen molar-refractivity contribution in [3.05, 3.63) is 33.5 Å². The number of halogens is 2. The largest absolute Gasteiger partial charge is 0.343 e. The van der Waals surface area contributed by atoms with Crippen molar-refractivity contribution in [2.75, 3.05) is 0 Å². The number of rotatable bonds is 4. The number of carbonyl (C=O) groups is 1. The Kier molecular flexibility index (Phi) is 4.12. The van der Waals surface area contributed by atoms with E-state index < -0.39 is 12.5 Å². The molecule has 0 saturated heterocycles. The van der Waals surface area contributed by atoms with Crippen molar-refractivity contribution in [2.45, 2.75) is 33.4 Å². The molecule has 0 bridgehead atoms. The molecule has 1 N–H and O–H groups in total. The Morgan fingerprint density at radius 3 is 2.65 bits per heavy atom. The summed E-state index contributed by atoms with van der Waals surface area (Å²) in [6.45, 7) is 2.86. The van der Waals surface area contributed by atoms with Gasteiger partial charge < -0.3 is 5.32 Å². The molecule has 0 saturated carbocycles. The van der Waals surface area contributed by atoms with E-state index in [0.717, 1.165) is 21.8 Å². The summed E-state index contributed by atoms with van der Waals surface area (Å²) in [7, 11) is 0. The SMILES string of the molecule is Cc1nc([C@H](C)NC(=O)c2ccn(C(F)F)n2)c(C)s1. The Morgan fingerprint density at radius 2 is 2.15 bits per heavy atom. The molecule has 108 valence electrons. The maximum Gasteiger partial charge on any atom is 0.333 e. The van der Waals surface area contributed by atoms with E-state index in [9.17, 15) is 13.6 Å². The maximum atomic E-state index is 12.4. The van der Waals surface area contributed by atoms with Crippen molar-refractivity contribution in [1.29, 1.82) is 0 Å². The summed E-state index contributed by atoms with van der Waals surface area (Å²) in [5, 5.41) is 7.14. The van der Waals surface area contributed by atoms with Crippen LogP contribution in [0.15, 0.2) is 12.3 Å². The molecule has 0 aliphatic rings. The minimum absolute atomic E-state index is 0.0400. The molecular weight excluding hydrogens is 286 g/mol. The highest BCUT2D eigenvalue weighted by Gasteiger charge is 2.19. The summed E-state index contributed by atoms with van der Waals surface area (Å²) < 4.78 is 25.2. The number of alkyl halides is 2. The van der Waals surface area contributed by atoms with E-state index in [1.807, 2.05) is 13.8 Å². The molecule has 0 fully saturated rings. The average molecular weight is 300 g/mol. The summed E-state index contributed by atoms with van der Waals surface area (Å²) in [5.41, 5.74) is 0.746. The van der Waals surface area contributed by atoms with Crippen molar-refractivity contribution in [3.63, 3.8) is 0 Å². The molecule has 1 atom stereocenters. The second kappa shape index (κ2) is 5.66. The lowest BCUT2D eigenvalue weighted by Gasteiger charge is -2.11. The van der Waals surface area contributed by atoms with Crippen molar-refractivity contribution in [1.82, 2.24) is 20.1 Å². The van der Waals surface area contributed by atoms with Crippen LogP contribution in [0, 0.1) is 13.8 Å². The predicted molar refractivity (Wildman–Crippen MR) is 70.9 cm³/mol. The molecule has 2 rings (SSSR count). The topological polar surface area (TPSA) is 59.8 Å². The Bertz CT molecular complexity index is 623. The van der Waals surface area contributed by atoms with Crippen LogP contribution >= 0.6 is 11.3 Å². The molecule has 0 unspecified atom stereocenters. The van der Waals surface area contributed by atoms with Gasteiger partial charge in [-0.05, 0) is 26.8 Å². The van der Waals surface area contributed by atoms with Crippen LogP contribution in [0.5, 0.6) is 0 Å². The van der Waals surface area contributed by atoms with E-state index in [-0.39, 0.29) is 11.7 Å². The number of nitrogens with zero attached hydrogens (tertiary/aromatic N) is 3. The Labute approximate surface area is 118 Å². The standard InChI is InChI=1S/C12H14F2N4OS/c1-6(10-7(2)20-8(3)16-10)15-11(19)9-4-5-18(17-9)12(13)14/h4-6,12H,1-3H3,(H,15,19)/t6-/m0/s1. The van der Waals surface area contributed by atoms with Crippen LogP contribution in [-0.2, 0) is 0 Å². The minimum Gasteiger partial charge on any atom is -0.343 e. The number of thiazole rings is 1. The molecule has 20 heavy (non-hydrogen) atoms. The lowest BCUT2D eigenvalue weighted by molar-refractivity contribution is 0.0559. The van der Waals surface area contributed by atoms with E-state index in [2.05, 4.69) is 15.4 Å². The van der Waals surface area contributed by atoms with Crippen LogP contribution in [0.1, 0.15) is 45.6 Å². The van der Waals surface area contributed by atoms with Gasteiger partial charge in [-0.1, -0.05) is 0 Å². The summed E-state index contributed by atoms with van der Waals surface area (Å²) in [5.74, 6) is -0.498. The molecular formula is C12H14F2N4OS. The van der Waals surface area contributed by atoms with Crippen LogP contribution in [0.2, 0.25) is 0 Å². The maximum absolute atomic E-state index is 12.4. The van der Waals surface area contributed by atoms with Gasteiger partial charge in [-0.15, -0.1) is 11.3 Å². The Morgan fingerprint density at radius 1 is 1.45 bits per heavy atom. The van der Waals surface area contributed by atoms with Crippen LogP contribution in [0.25, 0.3) is 0 Å². The summed E-state index contributed by atoms with van der Waals surface area (Å²) >= 11 is 1.55. The van der Waals surface area contributed by atoms with E-state index >= 15 is 0 Å². The Balaban J connectivity index is 2.08. The summed E-state index contributed by atoms with van der Waals surface area (Å²) in [6, 6.07) is 0.956. The molecule has 2 aromatic heterocycles. The van der Waals surface area contributed by atoms with E-state index in [4.69, 9.17) is 0 Å². The molecule has 0 aliphatic carbocycles. The third kappa shape index (κ3) is 3.01. The summed E-state index contributed by atoms with van der Waals surface area (Å²) in [6.07, 6.45) is 1.07. The van der Waals surface area contributed by atoms with Crippen molar-refractivity contribution in [2.24, 2.45) is 0 Å². The second-order valence-electron chi connectivity index (χ2n) is 4.33. The summed E-state index contributed by atoms with van der Waals surface area (Å²) in [4.78, 5) is 17.3. The first kappa shape index (κ1) is 14.6. The zero-order valence-corrected chi connectivity index (χ0v) is 12.0. The molecule has 8 heteroatoms. The number of amides is 1. The van der Waals surface area contributed by atoms with Gasteiger partial charge in [0.1, 0.15) is 5.69 Å². The third-order valence-corrected chi connectivity index (χ3v) is 3.64. The second-order valence-corrected chi connectivity index (χ2v) is 5.74. The minimum atomic E-state index is -2.75. The zero-order chi connectivity index (χ0) is 14.9. The van der Waals surface area contributed by atoms with Gasteiger partial charge >= 0.3 is 6.55 Å². The first-order chi connectivity index (χ1) is 9.38. The smallest absolute Gasteiger partial charge is 0.333 e. The molecule has 0 spiro atoms. The molecule has 0 radical (unpaired) electrons. The van der Waals surface area contributed by atoms with Crippen LogP contribution < -0.4 is 5.32 Å². The molecule has 2 aromatic rings. The molecule has 5 nitrogen and oxygen atoms in total. The zero-order valence-electron chi connectivity index (χ0n) is 11.2. The van der Waals surface area contributed by atoms with Gasteiger partial charge in [-0.3, -0.25) is 4.79 Å². The number of carbonyl (C=O) groups excluding carboxylic acids is 1. The molecule has 0 aromatic carbocycles. The highest BCUT2D eigenvalue weighted by Crippen LogP contribution is 2.22. The van der Waals surface area contributed by atoms with Gasteiger partial charge in [-0.25, -0.2) is 9.67 Å². The molecule has 2 heterocycles. The number of aryl methyl sites for hydroxylation is 2. The van der Waals surface area contributed by atoms with Gasteiger partial charge in [0, 0.05) is 11.1 Å². The fourth-order valence-corrected chi connectivity index (χ4v) is 2.77. The normalized spacial score (nSPS) is 12.7. The highest BCUT2D eigenvalue weighted by molar-refractivity contribution is 7.11. The van der Waals surface area contributed by atoms with Crippen LogP contribution in [0.4, 0.5) is 8.78 Å². The highest BCUT2D eigenvalue weighted by atomic mass is 32.1. The first-order valence-electron chi connectivity index (χ1n) is 5.96. The third-order valence-electron chi connectivity index (χ3n) is 2.74. The van der Waals surface area contributed by atoms with E-state index in [1.165, 1.54) is 6.07 Å². The first-order valence-corrected chi connectivity index (χ1v) is 6.78. The Hall–Kier alpha value is -1.83. The number of hydrogen-bond acceptors (Lipinski definition) is 4. The van der Waals surface area contributed by atoms with Gasteiger partial charge in [0.2, 0.25) is 0 Å². The van der Waals surface area contributed by atoms with E-state index in [1.54, 1.807) is 18.3 Å². The average Bonchev–Trinajstić information content (AvgIpc) is 2.95. The lowest BCUT2D eigenvalue weighted by Crippen LogP contribution is -2.27. The van der Waals surface area contributed by atoms with Gasteiger partial charge in [0.05, 0.1) is 16.7 Å². The van der Waals surface area contributed by atoms with Crippen molar-refractivity contribution >= 4 is 17.2 Å². The quantitative estimate of drug-likeness (QED) is 0.944. The van der Waals surface area contributed by atoms with Crippen LogP contribution in [-0.4, -0.2) is 20.7 Å². The van der Waals surface area contributed by atoms with Crippen molar-refractivity contribution in [3.8, 4) is 0 Å². The van der Waals surface area contributed by atoms with Gasteiger partial charge in [0.15, 0.2) is 0 Å². The number of hydrogen-bond donors (Lipinski definition) is 1. The fraction of sp³-hybridized carbons (Fsp3) is 0.417. The number of nitrogens with one attached hydrogen (secondary N) is 1.